The lowest BCUT2D eigenvalue weighted by molar-refractivity contribution is -0.135. The van der Waals surface area contributed by atoms with Crippen molar-refractivity contribution < 1.29 is 19.2 Å². The van der Waals surface area contributed by atoms with Gasteiger partial charge in [0.05, 0.1) is 18.3 Å². The van der Waals surface area contributed by atoms with Crippen molar-refractivity contribution in [2.24, 2.45) is 0 Å². The first-order chi connectivity index (χ1) is 17.3. The molecule has 3 amide bonds. The Bertz CT molecular complexity index is 1320. The summed E-state index contributed by atoms with van der Waals surface area (Å²) in [4.78, 5) is 56.1. The third kappa shape index (κ3) is 5.24. The highest BCUT2D eigenvalue weighted by Crippen LogP contribution is 2.25. The van der Waals surface area contributed by atoms with E-state index in [1.807, 2.05) is 13.1 Å². The van der Waals surface area contributed by atoms with Gasteiger partial charge in [0.15, 0.2) is 5.01 Å². The van der Waals surface area contributed by atoms with Gasteiger partial charge in [-0.3, -0.25) is 19.2 Å². The summed E-state index contributed by atoms with van der Waals surface area (Å²) in [6.45, 7) is 3.87. The molecule has 0 saturated carbocycles. The fraction of sp³-hybridized carbons (Fsp3) is 0.417. The Balaban J connectivity index is 1.26. The van der Waals surface area contributed by atoms with Crippen molar-refractivity contribution in [1.29, 1.82) is 0 Å². The van der Waals surface area contributed by atoms with E-state index in [4.69, 9.17) is 16.4 Å². The van der Waals surface area contributed by atoms with Crippen LogP contribution in [0.2, 0.25) is 5.02 Å². The number of H-pyrrole nitrogens is 1. The second-order valence-corrected chi connectivity index (χ2v) is 10.7. The van der Waals surface area contributed by atoms with Gasteiger partial charge in [-0.05, 0) is 37.7 Å². The van der Waals surface area contributed by atoms with Crippen LogP contribution >= 0.6 is 22.9 Å². The molecule has 3 N–H and O–H groups in total. The zero-order valence-corrected chi connectivity index (χ0v) is 21.5. The van der Waals surface area contributed by atoms with Crippen LogP contribution in [0, 0.1) is 0 Å². The first-order valence-corrected chi connectivity index (χ1v) is 12.9. The Morgan fingerprint density at radius 3 is 2.86 bits per heavy atom. The standard InChI is InChI=1S/C24H27ClN6O4S/c1-13(32)31-8-6-17(27-22(33)19-10-14-9-15(25)3-4-16(14)26-19)20(11-31)35-29-23(34)24-28-18-5-7-30(2)12-21(18)36-24/h3-4,9-10,17,20,26H,5-8,11-12H2,1-2H3,(H,27,33)(H,29,34)/t17-,20?/m1/s1. The van der Waals surface area contributed by atoms with Crippen molar-refractivity contribution in [2.45, 2.75) is 38.5 Å². The maximum atomic E-state index is 13.0. The van der Waals surface area contributed by atoms with Gasteiger partial charge in [-0.1, -0.05) is 11.6 Å². The van der Waals surface area contributed by atoms with E-state index in [1.54, 1.807) is 23.1 Å². The smallest absolute Gasteiger partial charge is 0.303 e. The third-order valence-corrected chi connectivity index (χ3v) is 7.88. The minimum Gasteiger partial charge on any atom is -0.351 e. The Hall–Kier alpha value is -2.99. The zero-order chi connectivity index (χ0) is 25.4. The molecule has 0 aliphatic carbocycles. The lowest BCUT2D eigenvalue weighted by Crippen LogP contribution is -2.57. The second kappa shape index (κ2) is 10.2. The number of fused-ring (bicyclic) bond motifs is 2. The van der Waals surface area contributed by atoms with Gasteiger partial charge < -0.3 is 20.1 Å². The minimum absolute atomic E-state index is 0.0936. The van der Waals surface area contributed by atoms with E-state index < -0.39 is 18.1 Å². The van der Waals surface area contributed by atoms with Gasteiger partial charge in [-0.25, -0.2) is 10.5 Å². The molecular weight excluding hydrogens is 504 g/mol. The highest BCUT2D eigenvalue weighted by Gasteiger charge is 2.34. The molecule has 0 spiro atoms. The Morgan fingerprint density at radius 1 is 1.22 bits per heavy atom. The number of hydrogen-bond donors (Lipinski definition) is 3. The number of piperidine rings is 1. The summed E-state index contributed by atoms with van der Waals surface area (Å²) in [5, 5.41) is 4.75. The Kier molecular flexibility index (Phi) is 6.98. The monoisotopic (exact) mass is 530 g/mol. The Morgan fingerprint density at radius 2 is 2.06 bits per heavy atom. The molecule has 12 heteroatoms. The van der Waals surface area contributed by atoms with Gasteiger partial charge in [-0.15, -0.1) is 11.3 Å². The van der Waals surface area contributed by atoms with Crippen LogP contribution in [-0.4, -0.2) is 76.3 Å². The lowest BCUT2D eigenvalue weighted by Gasteiger charge is -2.37. The van der Waals surface area contributed by atoms with Gasteiger partial charge in [-0.2, -0.15) is 0 Å². The largest absolute Gasteiger partial charge is 0.351 e. The van der Waals surface area contributed by atoms with Gasteiger partial charge in [0.25, 0.3) is 5.91 Å². The molecule has 2 aliphatic heterocycles. The predicted octanol–water partition coefficient (Wildman–Crippen LogP) is 2.35. The van der Waals surface area contributed by atoms with E-state index in [0.717, 1.165) is 41.0 Å². The van der Waals surface area contributed by atoms with Crippen LogP contribution in [0.3, 0.4) is 0 Å². The summed E-state index contributed by atoms with van der Waals surface area (Å²) in [6.07, 6.45) is 0.659. The summed E-state index contributed by atoms with van der Waals surface area (Å²) in [6, 6.07) is 6.67. The van der Waals surface area contributed by atoms with Crippen LogP contribution in [0.4, 0.5) is 0 Å². The first kappa shape index (κ1) is 24.7. The number of hydroxylamine groups is 1. The predicted molar refractivity (Wildman–Crippen MR) is 136 cm³/mol. The van der Waals surface area contributed by atoms with E-state index >= 15 is 0 Å². The maximum Gasteiger partial charge on any atom is 0.303 e. The molecule has 1 fully saturated rings. The molecule has 2 aromatic heterocycles. The normalized spacial score (nSPS) is 20.2. The van der Waals surface area contributed by atoms with Gasteiger partial charge in [0.2, 0.25) is 5.91 Å². The van der Waals surface area contributed by atoms with Crippen molar-refractivity contribution in [2.75, 3.05) is 26.7 Å². The van der Waals surface area contributed by atoms with Crippen LogP contribution in [-0.2, 0) is 22.6 Å². The van der Waals surface area contributed by atoms with Crippen molar-refractivity contribution >= 4 is 51.6 Å². The molecule has 0 radical (unpaired) electrons. The summed E-state index contributed by atoms with van der Waals surface area (Å²) >= 11 is 7.42. The van der Waals surface area contributed by atoms with E-state index in [2.05, 4.69) is 25.7 Å². The number of rotatable bonds is 5. The van der Waals surface area contributed by atoms with E-state index in [1.165, 1.54) is 18.3 Å². The number of likely N-dealkylation sites (tertiary alicyclic amines) is 1. The molecular formula is C24H27ClN6O4S. The van der Waals surface area contributed by atoms with Crippen LogP contribution < -0.4 is 10.8 Å². The molecule has 10 nitrogen and oxygen atoms in total. The number of hydrogen-bond acceptors (Lipinski definition) is 7. The highest BCUT2D eigenvalue weighted by atomic mass is 35.5. The highest BCUT2D eigenvalue weighted by molar-refractivity contribution is 7.13. The van der Waals surface area contributed by atoms with E-state index in [9.17, 15) is 14.4 Å². The number of amides is 3. The number of thiazole rings is 1. The van der Waals surface area contributed by atoms with Gasteiger partial charge in [0.1, 0.15) is 11.8 Å². The molecule has 4 heterocycles. The van der Waals surface area contributed by atoms with Gasteiger partial charge in [0, 0.05) is 53.8 Å². The summed E-state index contributed by atoms with van der Waals surface area (Å²) in [7, 11) is 2.04. The molecule has 1 unspecified atom stereocenters. The third-order valence-electron chi connectivity index (χ3n) is 6.57. The molecule has 1 aromatic carbocycles. The van der Waals surface area contributed by atoms with Crippen LogP contribution in [0.15, 0.2) is 24.3 Å². The van der Waals surface area contributed by atoms with Crippen LogP contribution in [0.25, 0.3) is 10.9 Å². The van der Waals surface area contributed by atoms with Crippen molar-refractivity contribution in [3.63, 3.8) is 0 Å². The number of aromatic amines is 1. The molecule has 2 aliphatic rings. The number of halogens is 1. The number of carbonyl (C=O) groups is 3. The first-order valence-electron chi connectivity index (χ1n) is 11.7. The average Bonchev–Trinajstić information content (AvgIpc) is 3.46. The van der Waals surface area contributed by atoms with Crippen molar-refractivity contribution in [1.82, 2.24) is 30.6 Å². The van der Waals surface area contributed by atoms with Crippen molar-refractivity contribution in [3.05, 3.63) is 50.6 Å². The second-order valence-electron chi connectivity index (χ2n) is 9.21. The Labute approximate surface area is 216 Å². The summed E-state index contributed by atoms with van der Waals surface area (Å²) in [5.74, 6) is -0.835. The molecule has 3 aromatic rings. The quantitative estimate of drug-likeness (QED) is 0.436. The topological polar surface area (TPSA) is 120 Å². The van der Waals surface area contributed by atoms with E-state index in [0.29, 0.717) is 28.7 Å². The SMILES string of the molecule is CC(=O)N1CC[C@@H](NC(=O)c2cc3cc(Cl)ccc3[nH]2)C(ONC(=O)c2nc3c(s2)CN(C)CC3)C1. The van der Waals surface area contributed by atoms with E-state index in [-0.39, 0.29) is 18.4 Å². The minimum atomic E-state index is -0.630. The molecule has 1 saturated heterocycles. The van der Waals surface area contributed by atoms with Gasteiger partial charge >= 0.3 is 5.91 Å². The number of carbonyl (C=O) groups excluding carboxylic acids is 3. The molecule has 190 valence electrons. The zero-order valence-electron chi connectivity index (χ0n) is 20.0. The lowest BCUT2D eigenvalue weighted by atomic mass is 10.0. The maximum absolute atomic E-state index is 13.0. The average molecular weight is 531 g/mol. The number of aromatic nitrogens is 2. The number of benzene rings is 1. The number of nitrogens with zero attached hydrogens (tertiary/aromatic N) is 3. The summed E-state index contributed by atoms with van der Waals surface area (Å²) in [5.41, 5.74) is 4.65. The summed E-state index contributed by atoms with van der Waals surface area (Å²) < 4.78 is 0. The molecule has 2 atom stereocenters. The van der Waals surface area contributed by atoms with Crippen LogP contribution in [0.5, 0.6) is 0 Å². The molecule has 36 heavy (non-hydrogen) atoms. The number of likely N-dealkylation sites (N-methyl/N-ethyl adjacent to an activating group) is 1. The van der Waals surface area contributed by atoms with Crippen molar-refractivity contribution in [3.8, 4) is 0 Å². The fourth-order valence-corrected chi connectivity index (χ4v) is 5.81. The number of nitrogens with one attached hydrogen (secondary N) is 3. The van der Waals surface area contributed by atoms with Crippen LogP contribution in [0.1, 0.15) is 44.2 Å². The molecule has 0 bridgehead atoms. The molecule has 5 rings (SSSR count). The fourth-order valence-electron chi connectivity index (χ4n) is 4.55.